The lowest BCUT2D eigenvalue weighted by Crippen LogP contribution is -2.47. The second kappa shape index (κ2) is 13.2. The largest absolute Gasteiger partial charge is 0.463 e. The van der Waals surface area contributed by atoms with Crippen molar-refractivity contribution in [3.05, 3.63) is 41.5 Å². The lowest BCUT2D eigenvalue weighted by molar-refractivity contribution is -0.297. The molecule has 5 rings (SSSR count). The number of amides is 2. The lowest BCUT2D eigenvalue weighted by Gasteiger charge is -2.35. The molecule has 250 valence electrons. The summed E-state index contributed by atoms with van der Waals surface area (Å²) in [7, 11) is 0. The zero-order chi connectivity index (χ0) is 33.3. The Morgan fingerprint density at radius 1 is 1.00 bits per heavy atom. The van der Waals surface area contributed by atoms with Crippen LogP contribution in [-0.2, 0) is 20.2 Å². The molecule has 2 aliphatic heterocycles. The maximum atomic E-state index is 14.7. The summed E-state index contributed by atoms with van der Waals surface area (Å²) in [6.45, 7) is 2.00. The van der Waals surface area contributed by atoms with Crippen molar-refractivity contribution in [2.24, 2.45) is 11.8 Å². The standard InChI is InChI=1S/C30H31F7N4O5/c31-28(32)8-5-20(21(15-28)25(42)39-22(16-38)17-6-11-44-12-7-17)24-23(40-27(46-24)29(33,34)30(35,36)37)18-1-3-19(4-2-18)26(43)41-9-13-45-14-10-41/h1-4,17,20-22H,5-15H2,(H,39,42)/t20-,21-,22?/m1/s1. The van der Waals surface area contributed by atoms with E-state index in [1.54, 1.807) is 0 Å². The minimum Gasteiger partial charge on any atom is -0.439 e. The number of benzene rings is 1. The zero-order valence-corrected chi connectivity index (χ0v) is 24.4. The zero-order valence-electron chi connectivity index (χ0n) is 24.4. The summed E-state index contributed by atoms with van der Waals surface area (Å²) in [5.74, 6) is -16.2. The van der Waals surface area contributed by atoms with Gasteiger partial charge in [-0.25, -0.2) is 13.8 Å². The number of halogens is 7. The smallest absolute Gasteiger partial charge is 0.439 e. The van der Waals surface area contributed by atoms with Crippen LogP contribution in [0.3, 0.4) is 0 Å². The number of oxazole rings is 1. The third-order valence-corrected chi connectivity index (χ3v) is 8.65. The van der Waals surface area contributed by atoms with Crippen LogP contribution < -0.4 is 5.32 Å². The summed E-state index contributed by atoms with van der Waals surface area (Å²) in [6, 6.07) is 6.10. The quantitative estimate of drug-likeness (QED) is 0.394. The number of carbonyl (C=O) groups is 2. The molecule has 1 aliphatic carbocycles. The summed E-state index contributed by atoms with van der Waals surface area (Å²) in [6.07, 6.45) is -7.62. The van der Waals surface area contributed by atoms with Crippen molar-refractivity contribution in [2.75, 3.05) is 39.5 Å². The van der Waals surface area contributed by atoms with Crippen LogP contribution in [0.15, 0.2) is 28.7 Å². The number of ether oxygens (including phenoxy) is 2. The predicted octanol–water partition coefficient (Wildman–Crippen LogP) is 5.42. The average molecular weight is 661 g/mol. The molecular formula is C30H31F7N4O5. The first-order valence-corrected chi connectivity index (χ1v) is 14.8. The van der Waals surface area contributed by atoms with Crippen LogP contribution in [0, 0.1) is 23.2 Å². The van der Waals surface area contributed by atoms with Gasteiger partial charge in [-0.05, 0) is 37.3 Å². The van der Waals surface area contributed by atoms with E-state index in [4.69, 9.17) is 13.9 Å². The van der Waals surface area contributed by atoms with Crippen molar-refractivity contribution in [3.8, 4) is 17.3 Å². The van der Waals surface area contributed by atoms with E-state index in [-0.39, 0.29) is 23.0 Å². The molecule has 3 fully saturated rings. The van der Waals surface area contributed by atoms with Gasteiger partial charge in [0.15, 0.2) is 0 Å². The van der Waals surface area contributed by atoms with Crippen LogP contribution in [0.4, 0.5) is 30.7 Å². The van der Waals surface area contributed by atoms with Gasteiger partial charge >= 0.3 is 12.1 Å². The van der Waals surface area contributed by atoms with Crippen LogP contribution in [0.1, 0.15) is 60.0 Å². The minimum absolute atomic E-state index is 0.0323. The number of hydrogen-bond acceptors (Lipinski definition) is 7. The number of aromatic nitrogens is 1. The number of nitrogens with one attached hydrogen (secondary N) is 1. The number of carbonyl (C=O) groups excluding carboxylic acids is 2. The van der Waals surface area contributed by atoms with E-state index in [0.29, 0.717) is 52.4 Å². The van der Waals surface area contributed by atoms with Crippen molar-refractivity contribution < 1.29 is 54.2 Å². The number of rotatable bonds is 7. The fourth-order valence-corrected chi connectivity index (χ4v) is 6.05. The highest BCUT2D eigenvalue weighted by atomic mass is 19.4. The molecule has 46 heavy (non-hydrogen) atoms. The molecule has 2 aromatic rings. The van der Waals surface area contributed by atoms with E-state index >= 15 is 0 Å². The molecular weight excluding hydrogens is 629 g/mol. The maximum Gasteiger partial charge on any atom is 0.463 e. The van der Waals surface area contributed by atoms with E-state index in [2.05, 4.69) is 10.3 Å². The number of alkyl halides is 7. The normalized spacial score (nSPS) is 23.4. The molecule has 16 heteroatoms. The summed E-state index contributed by atoms with van der Waals surface area (Å²) in [4.78, 5) is 31.4. The fraction of sp³-hybridized carbons (Fsp3) is 0.600. The molecule has 3 atom stereocenters. The molecule has 3 aliphatic rings. The van der Waals surface area contributed by atoms with E-state index in [1.165, 1.54) is 29.2 Å². The first-order chi connectivity index (χ1) is 21.7. The number of morpholine rings is 1. The topological polar surface area (TPSA) is 118 Å². The Morgan fingerprint density at radius 3 is 2.24 bits per heavy atom. The van der Waals surface area contributed by atoms with E-state index in [0.717, 1.165) is 0 Å². The lowest BCUT2D eigenvalue weighted by atomic mass is 9.74. The van der Waals surface area contributed by atoms with Gasteiger partial charge in [-0.15, -0.1) is 0 Å². The molecule has 1 aromatic heterocycles. The Kier molecular flexibility index (Phi) is 9.65. The molecule has 9 nitrogen and oxygen atoms in total. The van der Waals surface area contributed by atoms with Crippen molar-refractivity contribution >= 4 is 11.8 Å². The highest BCUT2D eigenvalue weighted by molar-refractivity contribution is 5.94. The summed E-state index contributed by atoms with van der Waals surface area (Å²) >= 11 is 0. The van der Waals surface area contributed by atoms with Gasteiger partial charge in [0.05, 0.1) is 25.2 Å². The Labute approximate surface area is 259 Å². The number of nitriles is 1. The van der Waals surface area contributed by atoms with Crippen molar-refractivity contribution in [3.63, 3.8) is 0 Å². The number of nitrogens with zero attached hydrogens (tertiary/aromatic N) is 3. The Morgan fingerprint density at radius 2 is 1.63 bits per heavy atom. The van der Waals surface area contributed by atoms with Gasteiger partial charge in [-0.2, -0.15) is 27.2 Å². The Hall–Kier alpha value is -3.71. The first kappa shape index (κ1) is 33.6. The predicted molar refractivity (Wildman–Crippen MR) is 145 cm³/mol. The van der Waals surface area contributed by atoms with E-state index in [1.807, 2.05) is 6.07 Å². The van der Waals surface area contributed by atoms with Gasteiger partial charge in [0.1, 0.15) is 17.5 Å². The molecule has 0 bridgehead atoms. The highest BCUT2D eigenvalue weighted by Crippen LogP contribution is 2.50. The van der Waals surface area contributed by atoms with Crippen molar-refractivity contribution in [2.45, 2.75) is 62.1 Å². The average Bonchev–Trinajstić information content (AvgIpc) is 3.49. The van der Waals surface area contributed by atoms with E-state index < -0.39 is 78.4 Å². The Balaban J connectivity index is 1.51. The minimum atomic E-state index is -6.10. The van der Waals surface area contributed by atoms with Gasteiger partial charge < -0.3 is 24.1 Å². The molecule has 1 unspecified atom stereocenters. The molecule has 2 amide bonds. The maximum absolute atomic E-state index is 14.7. The first-order valence-electron chi connectivity index (χ1n) is 14.8. The van der Waals surface area contributed by atoms with Gasteiger partial charge in [-0.3, -0.25) is 9.59 Å². The molecule has 3 heterocycles. The van der Waals surface area contributed by atoms with Gasteiger partial charge in [0.25, 0.3) is 11.8 Å². The van der Waals surface area contributed by atoms with Gasteiger partial charge in [0, 0.05) is 56.2 Å². The fourth-order valence-electron chi connectivity index (χ4n) is 6.05. The summed E-state index contributed by atoms with van der Waals surface area (Å²) in [5.41, 5.74) is -0.338. The Bertz CT molecular complexity index is 1440. The van der Waals surface area contributed by atoms with Gasteiger partial charge in [0.2, 0.25) is 11.8 Å². The van der Waals surface area contributed by atoms with Crippen molar-refractivity contribution in [1.82, 2.24) is 15.2 Å². The van der Waals surface area contributed by atoms with E-state index in [9.17, 15) is 45.6 Å². The molecule has 1 N–H and O–H groups in total. The second-order valence-corrected chi connectivity index (χ2v) is 11.7. The summed E-state index contributed by atoms with van der Waals surface area (Å²) < 4.78 is 114. The van der Waals surface area contributed by atoms with Gasteiger partial charge in [-0.1, -0.05) is 12.1 Å². The second-order valence-electron chi connectivity index (χ2n) is 11.7. The third kappa shape index (κ3) is 7.00. The van der Waals surface area contributed by atoms with Crippen LogP contribution in [0.2, 0.25) is 0 Å². The molecule has 0 spiro atoms. The summed E-state index contributed by atoms with van der Waals surface area (Å²) in [5, 5.41) is 12.2. The SMILES string of the molecule is N#CC(NC(=O)[C@@H]1CC(F)(F)CC[C@H]1c1oc(C(F)(F)C(F)(F)F)nc1-c1ccc(C(=O)N2CCOCC2)cc1)C1CCOCC1. The monoisotopic (exact) mass is 660 g/mol. The molecule has 1 saturated carbocycles. The van der Waals surface area contributed by atoms with Crippen molar-refractivity contribution in [1.29, 1.82) is 5.26 Å². The molecule has 2 saturated heterocycles. The molecule has 0 radical (unpaired) electrons. The highest BCUT2D eigenvalue weighted by Gasteiger charge is 2.63. The number of hydrogen-bond donors (Lipinski definition) is 1. The van der Waals surface area contributed by atoms with Crippen LogP contribution in [-0.4, -0.2) is 79.4 Å². The van der Waals surface area contributed by atoms with Crippen LogP contribution in [0.25, 0.3) is 11.3 Å². The van der Waals surface area contributed by atoms with Crippen LogP contribution >= 0.6 is 0 Å². The third-order valence-electron chi connectivity index (χ3n) is 8.65. The molecule has 1 aromatic carbocycles. The van der Waals surface area contributed by atoms with Crippen LogP contribution in [0.5, 0.6) is 0 Å².